The lowest BCUT2D eigenvalue weighted by molar-refractivity contribution is 0.112. The number of halogens is 2. The second-order valence-electron chi connectivity index (χ2n) is 9.15. The number of piperazine rings is 1. The van der Waals surface area contributed by atoms with Gasteiger partial charge < -0.3 is 19.1 Å². The third-order valence-corrected chi connectivity index (χ3v) is 6.84. The summed E-state index contributed by atoms with van der Waals surface area (Å²) in [4.78, 5) is 5.00. The van der Waals surface area contributed by atoms with E-state index in [4.69, 9.17) is 25.8 Å². The van der Waals surface area contributed by atoms with E-state index in [9.17, 15) is 0 Å². The van der Waals surface area contributed by atoms with Crippen molar-refractivity contribution in [3.8, 4) is 17.2 Å². The zero-order valence-electron chi connectivity index (χ0n) is 21.6. The smallest absolute Gasteiger partial charge is 0.122 e. The maximum absolute atomic E-state index is 6.20. The summed E-state index contributed by atoms with van der Waals surface area (Å²) in [6, 6.07) is 24.3. The molecule has 0 amide bonds. The molecule has 7 heteroatoms. The third-order valence-electron chi connectivity index (χ3n) is 6.60. The van der Waals surface area contributed by atoms with Gasteiger partial charge in [-0.3, -0.25) is 4.90 Å². The molecule has 1 heterocycles. The standard InChI is InChI=1S/C30H37ClN2O3.ClH/c1-34-28-10-4-7-25(23-28)13-14-26-8-2-3-12-30(26)36-21-6-15-32-16-18-33(19-17-32)20-22-35-29-11-5-9-27(31)24-29;/h2-5,7-12,23-24H,6,13-22H2,1H3;1H. The summed E-state index contributed by atoms with van der Waals surface area (Å²) in [5.41, 5.74) is 2.54. The number of benzene rings is 3. The molecule has 0 saturated carbocycles. The number of aryl methyl sites for hydroxylation is 2. The van der Waals surface area contributed by atoms with Crippen molar-refractivity contribution in [1.29, 1.82) is 0 Å². The first-order valence-corrected chi connectivity index (χ1v) is 13.2. The Morgan fingerprint density at radius 1 is 0.730 bits per heavy atom. The van der Waals surface area contributed by atoms with Crippen LogP contribution in [0.5, 0.6) is 17.2 Å². The van der Waals surface area contributed by atoms with E-state index < -0.39 is 0 Å². The van der Waals surface area contributed by atoms with Crippen LogP contribution >= 0.6 is 24.0 Å². The largest absolute Gasteiger partial charge is 0.497 e. The zero-order chi connectivity index (χ0) is 25.0. The van der Waals surface area contributed by atoms with Gasteiger partial charge >= 0.3 is 0 Å². The van der Waals surface area contributed by atoms with Crippen LogP contribution in [0.15, 0.2) is 72.8 Å². The van der Waals surface area contributed by atoms with Gasteiger partial charge in [-0.25, -0.2) is 0 Å². The van der Waals surface area contributed by atoms with Crippen molar-refractivity contribution in [1.82, 2.24) is 9.80 Å². The zero-order valence-corrected chi connectivity index (χ0v) is 23.2. The summed E-state index contributed by atoms with van der Waals surface area (Å²) in [5.74, 6) is 2.75. The van der Waals surface area contributed by atoms with Gasteiger partial charge in [-0.1, -0.05) is 48.0 Å². The average molecular weight is 546 g/mol. The van der Waals surface area contributed by atoms with Gasteiger partial charge in [-0.05, 0) is 66.8 Å². The highest BCUT2D eigenvalue weighted by molar-refractivity contribution is 6.30. The molecule has 4 rings (SSSR count). The van der Waals surface area contributed by atoms with Gasteiger partial charge in [0.25, 0.3) is 0 Å². The molecule has 1 fully saturated rings. The third kappa shape index (κ3) is 9.75. The highest BCUT2D eigenvalue weighted by Crippen LogP contribution is 2.22. The van der Waals surface area contributed by atoms with Crippen molar-refractivity contribution >= 4 is 24.0 Å². The molecule has 1 aliphatic heterocycles. The number of hydrogen-bond donors (Lipinski definition) is 0. The lowest BCUT2D eigenvalue weighted by atomic mass is 10.0. The van der Waals surface area contributed by atoms with Crippen LogP contribution in [0.25, 0.3) is 0 Å². The van der Waals surface area contributed by atoms with Gasteiger partial charge in [0.15, 0.2) is 0 Å². The Kier molecular flexibility index (Phi) is 12.4. The minimum Gasteiger partial charge on any atom is -0.497 e. The van der Waals surface area contributed by atoms with E-state index in [-0.39, 0.29) is 12.4 Å². The summed E-state index contributed by atoms with van der Waals surface area (Å²) in [7, 11) is 1.71. The lowest BCUT2D eigenvalue weighted by Crippen LogP contribution is -2.47. The number of rotatable bonds is 13. The Balaban J connectivity index is 0.00000380. The summed E-state index contributed by atoms with van der Waals surface area (Å²) < 4.78 is 17.4. The Hall–Kier alpha value is -2.44. The fraction of sp³-hybridized carbons (Fsp3) is 0.400. The van der Waals surface area contributed by atoms with Gasteiger partial charge in [0, 0.05) is 44.3 Å². The Morgan fingerprint density at radius 3 is 2.24 bits per heavy atom. The number of hydrogen-bond acceptors (Lipinski definition) is 5. The van der Waals surface area contributed by atoms with Gasteiger partial charge in [-0.15, -0.1) is 12.4 Å². The van der Waals surface area contributed by atoms with Crippen LogP contribution in [0.1, 0.15) is 17.5 Å². The molecule has 3 aromatic rings. The summed E-state index contributed by atoms with van der Waals surface area (Å²) >= 11 is 6.02. The molecule has 0 aromatic heterocycles. The van der Waals surface area contributed by atoms with Crippen LogP contribution in [0.2, 0.25) is 5.02 Å². The molecule has 0 bridgehead atoms. The maximum atomic E-state index is 6.20. The molecule has 0 N–H and O–H groups in total. The molecule has 0 radical (unpaired) electrons. The fourth-order valence-corrected chi connectivity index (χ4v) is 4.69. The minimum atomic E-state index is 0. The SMILES string of the molecule is COc1cccc(CCc2ccccc2OCCCN2CCN(CCOc3cccc(Cl)c3)CC2)c1.Cl. The molecule has 0 atom stereocenters. The quantitative estimate of drug-likeness (QED) is 0.246. The molecule has 5 nitrogen and oxygen atoms in total. The molecule has 0 unspecified atom stereocenters. The highest BCUT2D eigenvalue weighted by Gasteiger charge is 2.16. The van der Waals surface area contributed by atoms with Crippen molar-refractivity contribution in [3.05, 3.63) is 88.9 Å². The molecule has 1 saturated heterocycles. The van der Waals surface area contributed by atoms with Crippen molar-refractivity contribution < 1.29 is 14.2 Å². The lowest BCUT2D eigenvalue weighted by Gasteiger charge is -2.34. The van der Waals surface area contributed by atoms with Crippen LogP contribution < -0.4 is 14.2 Å². The van der Waals surface area contributed by atoms with Gasteiger partial charge in [0.05, 0.1) is 13.7 Å². The summed E-state index contributed by atoms with van der Waals surface area (Å²) in [6.45, 7) is 7.77. The predicted octanol–water partition coefficient (Wildman–Crippen LogP) is 6.02. The first-order valence-electron chi connectivity index (χ1n) is 12.9. The normalized spacial score (nSPS) is 14.1. The molecular formula is C30H38Cl2N2O3. The Bertz CT molecular complexity index is 1070. The fourth-order valence-electron chi connectivity index (χ4n) is 4.51. The van der Waals surface area contributed by atoms with Crippen molar-refractivity contribution in [2.75, 3.05) is 59.6 Å². The van der Waals surface area contributed by atoms with E-state index in [0.29, 0.717) is 11.6 Å². The van der Waals surface area contributed by atoms with Crippen molar-refractivity contribution in [3.63, 3.8) is 0 Å². The second kappa shape index (κ2) is 15.7. The first kappa shape index (κ1) is 29.1. The van der Waals surface area contributed by atoms with E-state index in [0.717, 1.165) is 82.4 Å². The predicted molar refractivity (Wildman–Crippen MR) is 154 cm³/mol. The van der Waals surface area contributed by atoms with Crippen LogP contribution in [0, 0.1) is 0 Å². The summed E-state index contributed by atoms with van der Waals surface area (Å²) in [5, 5.41) is 0.710. The molecule has 3 aromatic carbocycles. The Labute approximate surface area is 232 Å². The average Bonchev–Trinajstić information content (AvgIpc) is 2.91. The van der Waals surface area contributed by atoms with Crippen LogP contribution in [-0.4, -0.2) is 69.4 Å². The molecule has 0 spiro atoms. The highest BCUT2D eigenvalue weighted by atomic mass is 35.5. The molecular weight excluding hydrogens is 507 g/mol. The van der Waals surface area contributed by atoms with E-state index in [1.165, 1.54) is 11.1 Å². The van der Waals surface area contributed by atoms with Gasteiger partial charge in [-0.2, -0.15) is 0 Å². The molecule has 200 valence electrons. The van der Waals surface area contributed by atoms with Crippen LogP contribution in [0.4, 0.5) is 0 Å². The second-order valence-corrected chi connectivity index (χ2v) is 9.59. The van der Waals surface area contributed by atoms with E-state index in [2.05, 4.69) is 46.2 Å². The molecule has 1 aliphatic rings. The van der Waals surface area contributed by atoms with Crippen LogP contribution in [-0.2, 0) is 12.8 Å². The van der Waals surface area contributed by atoms with Crippen LogP contribution in [0.3, 0.4) is 0 Å². The molecule has 37 heavy (non-hydrogen) atoms. The number of methoxy groups -OCH3 is 1. The minimum absolute atomic E-state index is 0. The van der Waals surface area contributed by atoms with E-state index in [1.807, 2.05) is 36.4 Å². The monoisotopic (exact) mass is 544 g/mol. The number of ether oxygens (including phenoxy) is 3. The first-order chi connectivity index (χ1) is 17.7. The van der Waals surface area contributed by atoms with E-state index >= 15 is 0 Å². The van der Waals surface area contributed by atoms with E-state index in [1.54, 1.807) is 7.11 Å². The maximum Gasteiger partial charge on any atom is 0.122 e. The Morgan fingerprint density at radius 2 is 1.46 bits per heavy atom. The van der Waals surface area contributed by atoms with Crippen molar-refractivity contribution in [2.45, 2.75) is 19.3 Å². The van der Waals surface area contributed by atoms with Gasteiger partial charge in [0.1, 0.15) is 23.9 Å². The topological polar surface area (TPSA) is 34.2 Å². The van der Waals surface area contributed by atoms with Gasteiger partial charge in [0.2, 0.25) is 0 Å². The summed E-state index contributed by atoms with van der Waals surface area (Å²) in [6.07, 6.45) is 2.94. The molecule has 0 aliphatic carbocycles. The number of nitrogens with zero attached hydrogens (tertiary/aromatic N) is 2. The number of para-hydroxylation sites is 1. The van der Waals surface area contributed by atoms with Crippen molar-refractivity contribution in [2.24, 2.45) is 0 Å².